The lowest BCUT2D eigenvalue weighted by molar-refractivity contribution is -0.149. The molecule has 0 radical (unpaired) electrons. The highest BCUT2D eigenvalue weighted by molar-refractivity contribution is 7.89. The molecule has 8 nitrogen and oxygen atoms in total. The lowest BCUT2D eigenvalue weighted by Gasteiger charge is -2.31. The molecular formula is C18H22N2O6S. The Labute approximate surface area is 158 Å². The lowest BCUT2D eigenvalue weighted by Crippen LogP contribution is -2.45. The van der Waals surface area contributed by atoms with Crippen LogP contribution < -0.4 is 0 Å². The van der Waals surface area contributed by atoms with Crippen molar-refractivity contribution in [2.75, 3.05) is 32.0 Å². The van der Waals surface area contributed by atoms with Crippen molar-refractivity contribution in [1.82, 2.24) is 9.21 Å². The normalized spacial score (nSPS) is 20.6. The van der Waals surface area contributed by atoms with Gasteiger partial charge in [-0.1, -0.05) is 12.1 Å². The van der Waals surface area contributed by atoms with Gasteiger partial charge in [0.25, 0.3) is 11.8 Å². The second kappa shape index (κ2) is 7.77. The van der Waals surface area contributed by atoms with Crippen LogP contribution in [-0.2, 0) is 19.6 Å². The summed E-state index contributed by atoms with van der Waals surface area (Å²) in [6, 6.07) is 6.43. The topological polar surface area (TPSA) is 101 Å². The van der Waals surface area contributed by atoms with Crippen LogP contribution in [0.15, 0.2) is 24.3 Å². The molecule has 1 aromatic rings. The molecule has 0 saturated carbocycles. The second-order valence-electron chi connectivity index (χ2n) is 6.57. The number of benzene rings is 1. The number of nitrogens with zero attached hydrogens (tertiary/aromatic N) is 2. The first-order chi connectivity index (χ1) is 12.8. The summed E-state index contributed by atoms with van der Waals surface area (Å²) in [6.45, 7) is 2.14. The zero-order chi connectivity index (χ0) is 19.6. The van der Waals surface area contributed by atoms with Gasteiger partial charge in [-0.25, -0.2) is 12.7 Å². The summed E-state index contributed by atoms with van der Waals surface area (Å²) in [4.78, 5) is 37.6. The van der Waals surface area contributed by atoms with Gasteiger partial charge in [0.05, 0.1) is 29.4 Å². The third-order valence-electron chi connectivity index (χ3n) is 4.85. The predicted molar refractivity (Wildman–Crippen MR) is 96.5 cm³/mol. The molecule has 0 aliphatic carbocycles. The van der Waals surface area contributed by atoms with Gasteiger partial charge in [0, 0.05) is 19.6 Å². The Kier molecular flexibility index (Phi) is 5.61. The van der Waals surface area contributed by atoms with Crippen molar-refractivity contribution in [1.29, 1.82) is 0 Å². The molecule has 0 bridgehead atoms. The number of carbonyl (C=O) groups excluding carboxylic acids is 3. The van der Waals surface area contributed by atoms with E-state index in [1.54, 1.807) is 31.2 Å². The molecule has 1 unspecified atom stereocenters. The Bertz CT molecular complexity index is 831. The molecule has 2 aliphatic rings. The van der Waals surface area contributed by atoms with E-state index in [0.717, 1.165) is 4.90 Å². The van der Waals surface area contributed by atoms with Crippen molar-refractivity contribution in [3.8, 4) is 0 Å². The molecule has 1 saturated heterocycles. The number of esters is 1. The van der Waals surface area contributed by atoms with Gasteiger partial charge < -0.3 is 4.74 Å². The van der Waals surface area contributed by atoms with Crippen LogP contribution in [0.25, 0.3) is 0 Å². The van der Waals surface area contributed by atoms with E-state index in [9.17, 15) is 22.8 Å². The molecule has 1 fully saturated rings. The summed E-state index contributed by atoms with van der Waals surface area (Å²) < 4.78 is 31.6. The highest BCUT2D eigenvalue weighted by atomic mass is 32.2. The highest BCUT2D eigenvalue weighted by Gasteiger charge is 2.37. The van der Waals surface area contributed by atoms with E-state index < -0.39 is 33.7 Å². The molecule has 146 valence electrons. The zero-order valence-electron chi connectivity index (χ0n) is 15.1. The van der Waals surface area contributed by atoms with Gasteiger partial charge >= 0.3 is 5.97 Å². The lowest BCUT2D eigenvalue weighted by atomic mass is 10.0. The van der Waals surface area contributed by atoms with Gasteiger partial charge in [-0.3, -0.25) is 19.3 Å². The van der Waals surface area contributed by atoms with Crippen LogP contribution in [0.3, 0.4) is 0 Å². The molecule has 2 heterocycles. The maximum Gasteiger partial charge on any atom is 0.310 e. The van der Waals surface area contributed by atoms with E-state index in [0.29, 0.717) is 30.5 Å². The van der Waals surface area contributed by atoms with Crippen molar-refractivity contribution in [3.05, 3.63) is 35.4 Å². The van der Waals surface area contributed by atoms with Crippen LogP contribution in [0.4, 0.5) is 0 Å². The number of piperidine rings is 1. The maximum atomic E-state index is 12.7. The van der Waals surface area contributed by atoms with Crippen LogP contribution in [0.2, 0.25) is 0 Å². The highest BCUT2D eigenvalue weighted by Crippen LogP contribution is 2.24. The fraction of sp³-hybridized carbons (Fsp3) is 0.500. The molecule has 9 heteroatoms. The van der Waals surface area contributed by atoms with E-state index in [1.165, 1.54) is 4.31 Å². The first-order valence-electron chi connectivity index (χ1n) is 8.95. The van der Waals surface area contributed by atoms with Crippen molar-refractivity contribution in [3.63, 3.8) is 0 Å². The SMILES string of the molecule is CCOC(=O)C1CCCN(S(=O)(=O)CCN2C(=O)c3ccccc3C2=O)C1. The maximum absolute atomic E-state index is 12.7. The molecule has 0 N–H and O–H groups in total. The number of hydrogen-bond donors (Lipinski definition) is 0. The largest absolute Gasteiger partial charge is 0.466 e. The molecule has 27 heavy (non-hydrogen) atoms. The Morgan fingerprint density at radius 3 is 2.41 bits per heavy atom. The van der Waals surface area contributed by atoms with Gasteiger partial charge in [0.2, 0.25) is 10.0 Å². The summed E-state index contributed by atoms with van der Waals surface area (Å²) in [5.41, 5.74) is 0.584. The number of imide groups is 1. The first kappa shape index (κ1) is 19.5. The fourth-order valence-corrected chi connectivity index (χ4v) is 4.91. The fourth-order valence-electron chi connectivity index (χ4n) is 3.43. The van der Waals surface area contributed by atoms with Crippen LogP contribution in [0.5, 0.6) is 0 Å². The number of hydrogen-bond acceptors (Lipinski definition) is 6. The molecule has 2 aliphatic heterocycles. The van der Waals surface area contributed by atoms with E-state index in [-0.39, 0.29) is 25.4 Å². The standard InChI is InChI=1S/C18H22N2O6S/c1-2-26-18(23)13-6-5-9-19(12-13)27(24,25)11-10-20-16(21)14-7-3-4-8-15(14)17(20)22/h3-4,7-8,13H,2,5-6,9-12H2,1H3. The number of fused-ring (bicyclic) bond motifs is 1. The Balaban J connectivity index is 1.65. The molecular weight excluding hydrogens is 372 g/mol. The average Bonchev–Trinajstić information content (AvgIpc) is 2.91. The third kappa shape index (κ3) is 3.89. The number of ether oxygens (including phenoxy) is 1. The van der Waals surface area contributed by atoms with E-state index >= 15 is 0 Å². The molecule has 1 aromatic carbocycles. The number of rotatable bonds is 6. The molecule has 1 atom stereocenters. The molecule has 0 aromatic heterocycles. The Hall–Kier alpha value is -2.26. The van der Waals surface area contributed by atoms with Crippen molar-refractivity contribution >= 4 is 27.8 Å². The van der Waals surface area contributed by atoms with Crippen LogP contribution in [0, 0.1) is 5.92 Å². The summed E-state index contributed by atoms with van der Waals surface area (Å²) in [7, 11) is -3.71. The van der Waals surface area contributed by atoms with Crippen LogP contribution in [-0.4, -0.2) is 67.4 Å². The quantitative estimate of drug-likeness (QED) is 0.525. The molecule has 2 amide bonds. The third-order valence-corrected chi connectivity index (χ3v) is 6.67. The van der Waals surface area contributed by atoms with E-state index in [2.05, 4.69) is 0 Å². The number of carbonyl (C=O) groups is 3. The minimum absolute atomic E-state index is 0.0727. The van der Waals surface area contributed by atoms with Crippen molar-refractivity contribution in [2.45, 2.75) is 19.8 Å². The van der Waals surface area contributed by atoms with E-state index in [4.69, 9.17) is 4.74 Å². The zero-order valence-corrected chi connectivity index (χ0v) is 15.9. The van der Waals surface area contributed by atoms with Crippen molar-refractivity contribution in [2.24, 2.45) is 5.92 Å². The minimum atomic E-state index is -3.71. The summed E-state index contributed by atoms with van der Waals surface area (Å²) in [6.07, 6.45) is 1.15. The van der Waals surface area contributed by atoms with Crippen molar-refractivity contribution < 1.29 is 27.5 Å². The predicted octanol–water partition coefficient (Wildman–Crippen LogP) is 0.887. The number of amides is 2. The summed E-state index contributed by atoms with van der Waals surface area (Å²) in [5, 5.41) is 0. The molecule has 3 rings (SSSR count). The van der Waals surface area contributed by atoms with Gasteiger partial charge in [-0.05, 0) is 31.9 Å². The van der Waals surface area contributed by atoms with E-state index in [1.807, 2.05) is 0 Å². The number of sulfonamides is 1. The summed E-state index contributed by atoms with van der Waals surface area (Å²) in [5.74, 6) is -2.19. The molecule has 0 spiro atoms. The summed E-state index contributed by atoms with van der Waals surface area (Å²) >= 11 is 0. The van der Waals surface area contributed by atoms with Gasteiger partial charge in [0.15, 0.2) is 0 Å². The van der Waals surface area contributed by atoms with Crippen LogP contribution in [0.1, 0.15) is 40.5 Å². The minimum Gasteiger partial charge on any atom is -0.466 e. The Morgan fingerprint density at radius 1 is 1.19 bits per heavy atom. The second-order valence-corrected chi connectivity index (χ2v) is 8.66. The average molecular weight is 394 g/mol. The Morgan fingerprint density at radius 2 is 1.81 bits per heavy atom. The van der Waals surface area contributed by atoms with Gasteiger partial charge in [-0.2, -0.15) is 0 Å². The smallest absolute Gasteiger partial charge is 0.310 e. The first-order valence-corrected chi connectivity index (χ1v) is 10.6. The van der Waals surface area contributed by atoms with Crippen LogP contribution >= 0.6 is 0 Å². The van der Waals surface area contributed by atoms with Gasteiger partial charge in [-0.15, -0.1) is 0 Å². The monoisotopic (exact) mass is 394 g/mol. The van der Waals surface area contributed by atoms with Gasteiger partial charge in [0.1, 0.15) is 0 Å².